The van der Waals surface area contributed by atoms with Crippen LogP contribution in [0.15, 0.2) is 42.6 Å². The summed E-state index contributed by atoms with van der Waals surface area (Å²) in [5.41, 5.74) is 2.85. The third-order valence-electron chi connectivity index (χ3n) is 1.87. The predicted molar refractivity (Wildman–Crippen MR) is 60.1 cm³/mol. The molecule has 0 atom stereocenters. The van der Waals surface area contributed by atoms with Gasteiger partial charge >= 0.3 is 0 Å². The smallest absolute Gasteiger partial charge is 0.0889 e. The minimum absolute atomic E-state index is 0.772. The summed E-state index contributed by atoms with van der Waals surface area (Å²) < 4.78 is 0. The van der Waals surface area contributed by atoms with Crippen LogP contribution in [-0.2, 0) is 5.33 Å². The Morgan fingerprint density at radius 1 is 1.00 bits per heavy atom. The molecule has 14 heavy (non-hydrogen) atoms. The first-order chi connectivity index (χ1) is 6.90. The SMILES string of the molecule is BrCc1cccc(-c2ccccn2)n1. The van der Waals surface area contributed by atoms with Gasteiger partial charge in [-0.2, -0.15) is 0 Å². The first-order valence-electron chi connectivity index (χ1n) is 4.33. The Kier molecular flexibility index (Phi) is 2.89. The van der Waals surface area contributed by atoms with Gasteiger partial charge in [0.15, 0.2) is 0 Å². The van der Waals surface area contributed by atoms with Crippen LogP contribution >= 0.6 is 15.9 Å². The Hall–Kier alpha value is -1.22. The number of nitrogens with zero attached hydrogens (tertiary/aromatic N) is 2. The minimum Gasteiger partial charge on any atom is -0.255 e. The summed E-state index contributed by atoms with van der Waals surface area (Å²) in [7, 11) is 0. The molecule has 0 amide bonds. The topological polar surface area (TPSA) is 25.8 Å². The fraction of sp³-hybridized carbons (Fsp3) is 0.0909. The molecule has 0 saturated carbocycles. The van der Waals surface area contributed by atoms with E-state index in [1.807, 2.05) is 36.4 Å². The molecule has 2 nitrogen and oxygen atoms in total. The lowest BCUT2D eigenvalue weighted by molar-refractivity contribution is 1.16. The fourth-order valence-corrected chi connectivity index (χ4v) is 1.52. The van der Waals surface area contributed by atoms with Gasteiger partial charge in [0.25, 0.3) is 0 Å². The molecule has 2 aromatic heterocycles. The second kappa shape index (κ2) is 4.33. The molecular formula is C11H9BrN2. The van der Waals surface area contributed by atoms with E-state index >= 15 is 0 Å². The predicted octanol–water partition coefficient (Wildman–Crippen LogP) is 3.04. The van der Waals surface area contributed by atoms with E-state index in [9.17, 15) is 0 Å². The van der Waals surface area contributed by atoms with Crippen molar-refractivity contribution in [2.24, 2.45) is 0 Å². The third kappa shape index (κ3) is 1.99. The maximum absolute atomic E-state index is 4.45. The first-order valence-corrected chi connectivity index (χ1v) is 5.45. The summed E-state index contributed by atoms with van der Waals surface area (Å²) in [6.45, 7) is 0. The number of rotatable bonds is 2. The molecule has 0 spiro atoms. The van der Waals surface area contributed by atoms with Crippen molar-refractivity contribution >= 4 is 15.9 Å². The van der Waals surface area contributed by atoms with E-state index in [1.54, 1.807) is 6.20 Å². The summed E-state index contributed by atoms with van der Waals surface area (Å²) in [6.07, 6.45) is 1.78. The molecule has 0 aliphatic heterocycles. The molecule has 70 valence electrons. The molecule has 0 bridgehead atoms. The molecule has 2 rings (SSSR count). The van der Waals surface area contributed by atoms with Gasteiger partial charge in [-0.05, 0) is 24.3 Å². The minimum atomic E-state index is 0.772. The second-order valence-corrected chi connectivity index (χ2v) is 3.42. The van der Waals surface area contributed by atoms with Crippen LogP contribution in [0.3, 0.4) is 0 Å². The summed E-state index contributed by atoms with van der Waals surface area (Å²) >= 11 is 3.38. The molecule has 0 aliphatic rings. The van der Waals surface area contributed by atoms with Crippen molar-refractivity contribution in [1.82, 2.24) is 9.97 Å². The van der Waals surface area contributed by atoms with Crippen molar-refractivity contribution in [2.45, 2.75) is 5.33 Å². The van der Waals surface area contributed by atoms with Gasteiger partial charge in [-0.1, -0.05) is 28.1 Å². The summed E-state index contributed by atoms with van der Waals surface area (Å²) in [5.74, 6) is 0. The third-order valence-corrected chi connectivity index (χ3v) is 2.45. The van der Waals surface area contributed by atoms with E-state index in [2.05, 4.69) is 25.9 Å². The van der Waals surface area contributed by atoms with Gasteiger partial charge < -0.3 is 0 Å². The number of alkyl halides is 1. The standard InChI is InChI=1S/C11H9BrN2/c12-8-9-4-3-6-11(14-9)10-5-1-2-7-13-10/h1-7H,8H2. The zero-order valence-corrected chi connectivity index (χ0v) is 9.11. The van der Waals surface area contributed by atoms with Crippen LogP contribution in [0.2, 0.25) is 0 Å². The molecule has 0 aromatic carbocycles. The van der Waals surface area contributed by atoms with Crippen molar-refractivity contribution in [3.8, 4) is 11.4 Å². The van der Waals surface area contributed by atoms with E-state index in [4.69, 9.17) is 0 Å². The van der Waals surface area contributed by atoms with Gasteiger partial charge in [0.2, 0.25) is 0 Å². The fourth-order valence-electron chi connectivity index (χ4n) is 1.21. The zero-order chi connectivity index (χ0) is 9.80. The molecule has 0 saturated heterocycles. The molecular weight excluding hydrogens is 240 g/mol. The van der Waals surface area contributed by atoms with E-state index in [-0.39, 0.29) is 0 Å². The highest BCUT2D eigenvalue weighted by molar-refractivity contribution is 9.08. The lowest BCUT2D eigenvalue weighted by Crippen LogP contribution is -1.89. The van der Waals surface area contributed by atoms with Gasteiger partial charge in [0.05, 0.1) is 17.1 Å². The van der Waals surface area contributed by atoms with Crippen LogP contribution in [0.1, 0.15) is 5.69 Å². The van der Waals surface area contributed by atoms with E-state index in [1.165, 1.54) is 0 Å². The quantitative estimate of drug-likeness (QED) is 0.764. The Morgan fingerprint density at radius 3 is 2.57 bits per heavy atom. The molecule has 0 fully saturated rings. The number of pyridine rings is 2. The van der Waals surface area contributed by atoms with Crippen LogP contribution in [0.4, 0.5) is 0 Å². The Bertz CT molecular complexity index is 415. The Morgan fingerprint density at radius 2 is 1.86 bits per heavy atom. The van der Waals surface area contributed by atoms with Crippen LogP contribution in [0.5, 0.6) is 0 Å². The lowest BCUT2D eigenvalue weighted by atomic mass is 10.2. The maximum atomic E-state index is 4.45. The van der Waals surface area contributed by atoms with Crippen molar-refractivity contribution in [3.05, 3.63) is 48.3 Å². The van der Waals surface area contributed by atoms with Gasteiger partial charge in [0, 0.05) is 11.5 Å². The van der Waals surface area contributed by atoms with E-state index in [0.717, 1.165) is 22.4 Å². The van der Waals surface area contributed by atoms with Crippen LogP contribution in [0, 0.1) is 0 Å². The molecule has 2 heterocycles. The Balaban J connectivity index is 2.42. The summed E-state index contributed by atoms with van der Waals surface area (Å²) in [4.78, 5) is 8.70. The van der Waals surface area contributed by atoms with Crippen LogP contribution < -0.4 is 0 Å². The van der Waals surface area contributed by atoms with E-state index < -0.39 is 0 Å². The molecule has 2 aromatic rings. The van der Waals surface area contributed by atoms with Crippen molar-refractivity contribution in [3.63, 3.8) is 0 Å². The highest BCUT2D eigenvalue weighted by atomic mass is 79.9. The normalized spacial score (nSPS) is 10.1. The van der Waals surface area contributed by atoms with Crippen molar-refractivity contribution in [1.29, 1.82) is 0 Å². The average molecular weight is 249 g/mol. The van der Waals surface area contributed by atoms with Crippen molar-refractivity contribution in [2.75, 3.05) is 0 Å². The zero-order valence-electron chi connectivity index (χ0n) is 7.52. The van der Waals surface area contributed by atoms with Crippen LogP contribution in [-0.4, -0.2) is 9.97 Å². The van der Waals surface area contributed by atoms with Gasteiger partial charge in [-0.3, -0.25) is 9.97 Å². The Labute approximate surface area is 91.2 Å². The maximum Gasteiger partial charge on any atom is 0.0889 e. The van der Waals surface area contributed by atoms with Gasteiger partial charge in [0.1, 0.15) is 0 Å². The average Bonchev–Trinajstić information content (AvgIpc) is 2.30. The van der Waals surface area contributed by atoms with Crippen molar-refractivity contribution < 1.29 is 0 Å². The number of aromatic nitrogens is 2. The highest BCUT2D eigenvalue weighted by Crippen LogP contribution is 2.14. The lowest BCUT2D eigenvalue weighted by Gasteiger charge is -2.00. The number of hydrogen-bond acceptors (Lipinski definition) is 2. The number of halogens is 1. The summed E-state index contributed by atoms with van der Waals surface area (Å²) in [5, 5.41) is 0.772. The largest absolute Gasteiger partial charge is 0.255 e. The number of hydrogen-bond donors (Lipinski definition) is 0. The highest BCUT2D eigenvalue weighted by Gasteiger charge is 1.99. The molecule has 3 heteroatoms. The second-order valence-electron chi connectivity index (χ2n) is 2.86. The van der Waals surface area contributed by atoms with Crippen LogP contribution in [0.25, 0.3) is 11.4 Å². The first kappa shape index (κ1) is 9.34. The summed E-state index contributed by atoms with van der Waals surface area (Å²) in [6, 6.07) is 11.8. The van der Waals surface area contributed by atoms with Gasteiger partial charge in [-0.25, -0.2) is 0 Å². The molecule has 0 aliphatic carbocycles. The molecule has 0 radical (unpaired) electrons. The van der Waals surface area contributed by atoms with Gasteiger partial charge in [-0.15, -0.1) is 0 Å². The molecule has 0 unspecified atom stereocenters. The monoisotopic (exact) mass is 248 g/mol. The van der Waals surface area contributed by atoms with E-state index in [0.29, 0.717) is 0 Å². The molecule has 0 N–H and O–H groups in total.